The Kier molecular flexibility index (Phi) is 7.30. The lowest BCUT2D eigenvalue weighted by molar-refractivity contribution is 0.469. The summed E-state index contributed by atoms with van der Waals surface area (Å²) in [7, 11) is 0. The lowest BCUT2D eigenvalue weighted by atomic mass is 9.89. The van der Waals surface area contributed by atoms with E-state index in [1.807, 2.05) is 24.3 Å². The van der Waals surface area contributed by atoms with Crippen LogP contribution in [-0.4, -0.2) is 5.11 Å². The van der Waals surface area contributed by atoms with Crippen LogP contribution in [0.15, 0.2) is 66.9 Å². The normalized spacial score (nSPS) is 11.6. The standard InChI is InChI=1S/C24H27NO2/c1-5-9-19-15-17(11-13-23(19)25-27)21(7-3)22(8-4)18-12-14-24(26)20(16-18)10-6-2/h5-6,11-16,26H,1-2,7-10H2,3-4H3/b22-21+. The average Bonchev–Trinajstić information content (AvgIpc) is 2.68. The topological polar surface area (TPSA) is 49.7 Å². The average molecular weight is 361 g/mol. The van der Waals surface area contributed by atoms with E-state index in [0.29, 0.717) is 24.3 Å². The molecule has 0 saturated carbocycles. The fraction of sp³-hybridized carbons (Fsp3) is 0.250. The Hall–Kier alpha value is -2.94. The molecule has 0 aliphatic rings. The van der Waals surface area contributed by atoms with Gasteiger partial charge in [0, 0.05) is 0 Å². The van der Waals surface area contributed by atoms with Gasteiger partial charge in [-0.1, -0.05) is 38.1 Å². The van der Waals surface area contributed by atoms with Crippen molar-refractivity contribution in [3.8, 4) is 5.75 Å². The van der Waals surface area contributed by atoms with Gasteiger partial charge in [-0.25, -0.2) is 0 Å². The van der Waals surface area contributed by atoms with Crippen molar-refractivity contribution < 1.29 is 5.11 Å². The molecule has 0 heterocycles. The smallest absolute Gasteiger partial charge is 0.119 e. The molecule has 0 aliphatic heterocycles. The van der Waals surface area contributed by atoms with Gasteiger partial charge in [0.25, 0.3) is 0 Å². The molecular formula is C24H27NO2. The zero-order valence-electron chi connectivity index (χ0n) is 16.2. The molecule has 0 spiro atoms. The Morgan fingerprint density at radius 3 is 1.96 bits per heavy atom. The van der Waals surface area contributed by atoms with Crippen LogP contribution in [0.25, 0.3) is 11.1 Å². The Morgan fingerprint density at radius 1 is 0.926 bits per heavy atom. The largest absolute Gasteiger partial charge is 0.508 e. The molecule has 140 valence electrons. The Balaban J connectivity index is 2.63. The molecule has 0 amide bonds. The molecule has 0 aromatic heterocycles. The fourth-order valence-electron chi connectivity index (χ4n) is 3.46. The minimum atomic E-state index is 0.293. The van der Waals surface area contributed by atoms with Crippen LogP contribution >= 0.6 is 0 Å². The van der Waals surface area contributed by atoms with E-state index in [-0.39, 0.29) is 0 Å². The number of hydrogen-bond acceptors (Lipinski definition) is 3. The van der Waals surface area contributed by atoms with E-state index >= 15 is 0 Å². The minimum absolute atomic E-state index is 0.293. The van der Waals surface area contributed by atoms with Gasteiger partial charge in [0.15, 0.2) is 0 Å². The highest BCUT2D eigenvalue weighted by molar-refractivity contribution is 5.91. The van der Waals surface area contributed by atoms with E-state index in [9.17, 15) is 10.0 Å². The van der Waals surface area contributed by atoms with Gasteiger partial charge in [0.1, 0.15) is 11.4 Å². The number of phenols is 1. The summed E-state index contributed by atoms with van der Waals surface area (Å²) in [5, 5.41) is 13.2. The van der Waals surface area contributed by atoms with Crippen molar-refractivity contribution in [3.63, 3.8) is 0 Å². The van der Waals surface area contributed by atoms with Crippen molar-refractivity contribution in [1.82, 2.24) is 0 Å². The Labute approximate surface area is 161 Å². The molecule has 0 atom stereocenters. The Morgan fingerprint density at radius 2 is 1.44 bits per heavy atom. The lowest BCUT2D eigenvalue weighted by Gasteiger charge is -2.16. The minimum Gasteiger partial charge on any atom is -0.508 e. The van der Waals surface area contributed by atoms with Gasteiger partial charge in [0.05, 0.1) is 0 Å². The van der Waals surface area contributed by atoms with E-state index in [1.54, 1.807) is 24.3 Å². The van der Waals surface area contributed by atoms with Crippen LogP contribution in [-0.2, 0) is 12.8 Å². The molecular weight excluding hydrogens is 334 g/mol. The molecule has 0 fully saturated rings. The van der Waals surface area contributed by atoms with Crippen molar-refractivity contribution in [1.29, 1.82) is 0 Å². The molecule has 1 N–H and O–H groups in total. The summed E-state index contributed by atoms with van der Waals surface area (Å²) in [6.07, 6.45) is 6.54. The number of nitrogens with zero attached hydrogens (tertiary/aromatic N) is 1. The van der Waals surface area contributed by atoms with Crippen LogP contribution in [0.3, 0.4) is 0 Å². The molecule has 0 radical (unpaired) electrons. The van der Waals surface area contributed by atoms with Gasteiger partial charge in [-0.15, -0.1) is 18.1 Å². The van der Waals surface area contributed by atoms with Crippen molar-refractivity contribution in [2.75, 3.05) is 0 Å². The summed E-state index contributed by atoms with van der Waals surface area (Å²) in [5.74, 6) is 0.293. The maximum absolute atomic E-state index is 11.1. The number of nitroso groups, excluding NO2 is 1. The predicted molar refractivity (Wildman–Crippen MR) is 115 cm³/mol. The molecule has 0 aliphatic carbocycles. The highest BCUT2D eigenvalue weighted by Gasteiger charge is 2.13. The van der Waals surface area contributed by atoms with Crippen LogP contribution in [0.5, 0.6) is 5.75 Å². The van der Waals surface area contributed by atoms with Crippen molar-refractivity contribution in [2.45, 2.75) is 39.5 Å². The highest BCUT2D eigenvalue weighted by Crippen LogP contribution is 2.35. The van der Waals surface area contributed by atoms with Gasteiger partial charge < -0.3 is 5.11 Å². The van der Waals surface area contributed by atoms with Gasteiger partial charge in [0.2, 0.25) is 0 Å². The van der Waals surface area contributed by atoms with Crippen LogP contribution in [0.1, 0.15) is 48.9 Å². The molecule has 2 rings (SSSR count). The first kappa shape index (κ1) is 20.4. The van der Waals surface area contributed by atoms with Crippen molar-refractivity contribution in [3.05, 3.63) is 88.9 Å². The first-order valence-corrected chi connectivity index (χ1v) is 9.32. The van der Waals surface area contributed by atoms with E-state index < -0.39 is 0 Å². The molecule has 0 saturated heterocycles. The SMILES string of the molecule is C=CCc1cc(/C(CC)=C(\CC)c2ccc(N=O)c(CC=C)c2)ccc1O. The molecule has 27 heavy (non-hydrogen) atoms. The molecule has 2 aromatic rings. The maximum atomic E-state index is 11.1. The van der Waals surface area contributed by atoms with Crippen molar-refractivity contribution in [2.24, 2.45) is 5.18 Å². The van der Waals surface area contributed by atoms with Crippen LogP contribution < -0.4 is 0 Å². The number of hydrogen-bond donors (Lipinski definition) is 1. The first-order chi connectivity index (χ1) is 13.1. The number of allylic oxidation sites excluding steroid dienone is 4. The quantitative estimate of drug-likeness (QED) is 0.297. The maximum Gasteiger partial charge on any atom is 0.119 e. The summed E-state index contributed by atoms with van der Waals surface area (Å²) < 4.78 is 0. The summed E-state index contributed by atoms with van der Waals surface area (Å²) in [4.78, 5) is 11.1. The number of phenolic OH excluding ortho intramolecular Hbond substituents is 1. The van der Waals surface area contributed by atoms with E-state index in [4.69, 9.17) is 0 Å². The van der Waals surface area contributed by atoms with Crippen LogP contribution in [0.4, 0.5) is 5.69 Å². The second kappa shape index (κ2) is 9.67. The number of aromatic hydroxyl groups is 1. The van der Waals surface area contributed by atoms with Crippen molar-refractivity contribution >= 4 is 16.8 Å². The summed E-state index contributed by atoms with van der Waals surface area (Å²) in [6.45, 7) is 11.8. The van der Waals surface area contributed by atoms with Gasteiger partial charge in [-0.3, -0.25) is 0 Å². The fourth-order valence-corrected chi connectivity index (χ4v) is 3.46. The second-order valence-corrected chi connectivity index (χ2v) is 6.43. The third kappa shape index (κ3) is 4.62. The first-order valence-electron chi connectivity index (χ1n) is 9.32. The van der Waals surface area contributed by atoms with Crippen LogP contribution in [0, 0.1) is 4.91 Å². The number of rotatable bonds is 9. The summed E-state index contributed by atoms with van der Waals surface area (Å²) in [6, 6.07) is 11.5. The van der Waals surface area contributed by atoms with Gasteiger partial charge >= 0.3 is 0 Å². The monoisotopic (exact) mass is 361 g/mol. The highest BCUT2D eigenvalue weighted by atomic mass is 16.3. The second-order valence-electron chi connectivity index (χ2n) is 6.43. The predicted octanol–water partition coefficient (Wildman–Crippen LogP) is 6.98. The molecule has 3 heteroatoms. The summed E-state index contributed by atoms with van der Waals surface area (Å²) >= 11 is 0. The third-order valence-electron chi connectivity index (χ3n) is 4.75. The van der Waals surface area contributed by atoms with Crippen LogP contribution in [0.2, 0.25) is 0 Å². The molecule has 2 aromatic carbocycles. The van der Waals surface area contributed by atoms with E-state index in [1.165, 1.54) is 11.1 Å². The third-order valence-corrected chi connectivity index (χ3v) is 4.75. The molecule has 0 unspecified atom stereocenters. The van der Waals surface area contributed by atoms with E-state index in [0.717, 1.165) is 35.1 Å². The molecule has 3 nitrogen and oxygen atoms in total. The lowest BCUT2D eigenvalue weighted by Crippen LogP contribution is -1.95. The van der Waals surface area contributed by atoms with Gasteiger partial charge in [-0.05, 0) is 88.5 Å². The van der Waals surface area contributed by atoms with E-state index in [2.05, 4.69) is 32.2 Å². The summed E-state index contributed by atoms with van der Waals surface area (Å²) in [5.41, 5.74) is 6.89. The number of benzene rings is 2. The van der Waals surface area contributed by atoms with Gasteiger partial charge in [-0.2, -0.15) is 0 Å². The zero-order valence-corrected chi connectivity index (χ0v) is 16.2. The zero-order chi connectivity index (χ0) is 19.8. The Bertz CT molecular complexity index is 878. The molecule has 0 bridgehead atoms.